The molecule has 0 spiro atoms. The minimum absolute atomic E-state index is 0.180. The predicted molar refractivity (Wildman–Crippen MR) is 102 cm³/mol. The smallest absolute Gasteiger partial charge is 0.342 e. The molecule has 1 aromatic heterocycles. The number of carboxylic acids is 1. The second-order valence-corrected chi connectivity index (χ2v) is 6.34. The first kappa shape index (κ1) is 19.3. The third-order valence-corrected chi connectivity index (χ3v) is 4.42. The lowest BCUT2D eigenvalue weighted by Gasteiger charge is -2.25. The van der Waals surface area contributed by atoms with E-state index < -0.39 is 17.5 Å². The van der Waals surface area contributed by atoms with Gasteiger partial charge in [-0.1, -0.05) is 6.07 Å². The fourth-order valence-electron chi connectivity index (χ4n) is 2.99. The Balaban J connectivity index is 1.91. The zero-order chi connectivity index (χ0) is 20.3. The van der Waals surface area contributed by atoms with Crippen LogP contribution in [-0.2, 0) is 4.74 Å². The van der Waals surface area contributed by atoms with E-state index in [0.29, 0.717) is 35.6 Å². The SMILES string of the molecule is CCOC(=O)c1cccc(N/N=C2\CCC(C)n3c2ncc(C(=O)O)c3=O)c1. The number of rotatable bonds is 5. The molecule has 0 bridgehead atoms. The molecule has 0 aliphatic carbocycles. The van der Waals surface area contributed by atoms with E-state index in [2.05, 4.69) is 15.5 Å². The first-order valence-corrected chi connectivity index (χ1v) is 8.87. The number of aromatic nitrogens is 2. The highest BCUT2D eigenvalue weighted by Crippen LogP contribution is 2.22. The van der Waals surface area contributed by atoms with Crippen molar-refractivity contribution in [2.24, 2.45) is 5.10 Å². The van der Waals surface area contributed by atoms with E-state index in [4.69, 9.17) is 9.84 Å². The Hall–Kier alpha value is -3.49. The van der Waals surface area contributed by atoms with Crippen molar-refractivity contribution < 1.29 is 19.4 Å². The molecule has 1 aliphatic rings. The second-order valence-electron chi connectivity index (χ2n) is 6.34. The molecule has 1 aromatic carbocycles. The molecule has 0 fully saturated rings. The van der Waals surface area contributed by atoms with Gasteiger partial charge in [-0.2, -0.15) is 5.10 Å². The number of hydrogen-bond donors (Lipinski definition) is 2. The van der Waals surface area contributed by atoms with Gasteiger partial charge in [-0.25, -0.2) is 14.6 Å². The zero-order valence-corrected chi connectivity index (χ0v) is 15.5. The standard InChI is InChI=1S/C19H20N4O5/c1-3-28-19(27)12-5-4-6-13(9-12)21-22-15-8-7-11(2)23-16(15)20-10-14(17(23)24)18(25)26/h4-6,9-11,21H,3,7-8H2,1-2H3,(H,25,26)/b22-15+. The van der Waals surface area contributed by atoms with Crippen molar-refractivity contribution >= 4 is 23.3 Å². The molecular weight excluding hydrogens is 364 g/mol. The average molecular weight is 384 g/mol. The number of hydrogen-bond acceptors (Lipinski definition) is 7. The van der Waals surface area contributed by atoms with Crippen LogP contribution >= 0.6 is 0 Å². The quantitative estimate of drug-likeness (QED) is 0.599. The van der Waals surface area contributed by atoms with Gasteiger partial charge in [-0.3, -0.25) is 14.8 Å². The summed E-state index contributed by atoms with van der Waals surface area (Å²) in [5.41, 5.74) is 3.41. The summed E-state index contributed by atoms with van der Waals surface area (Å²) in [5, 5.41) is 13.5. The van der Waals surface area contributed by atoms with Crippen molar-refractivity contribution in [3.63, 3.8) is 0 Å². The van der Waals surface area contributed by atoms with Crippen molar-refractivity contribution in [1.29, 1.82) is 0 Å². The number of nitrogens with zero attached hydrogens (tertiary/aromatic N) is 3. The highest BCUT2D eigenvalue weighted by molar-refractivity contribution is 5.99. The number of nitrogens with one attached hydrogen (secondary N) is 1. The Morgan fingerprint density at radius 1 is 1.43 bits per heavy atom. The third kappa shape index (κ3) is 3.78. The van der Waals surface area contributed by atoms with E-state index in [-0.39, 0.29) is 18.2 Å². The van der Waals surface area contributed by atoms with Crippen LogP contribution in [0.3, 0.4) is 0 Å². The molecule has 9 heteroatoms. The van der Waals surface area contributed by atoms with Crippen LogP contribution in [0.1, 0.15) is 59.3 Å². The van der Waals surface area contributed by atoms with E-state index in [1.54, 1.807) is 31.2 Å². The zero-order valence-electron chi connectivity index (χ0n) is 15.5. The lowest BCUT2D eigenvalue weighted by Crippen LogP contribution is -2.37. The number of aromatic carboxylic acids is 1. The number of esters is 1. The van der Waals surface area contributed by atoms with Gasteiger partial charge >= 0.3 is 11.9 Å². The highest BCUT2D eigenvalue weighted by Gasteiger charge is 2.26. The number of benzene rings is 1. The molecule has 2 heterocycles. The van der Waals surface area contributed by atoms with E-state index in [1.165, 1.54) is 4.57 Å². The van der Waals surface area contributed by atoms with Gasteiger partial charge in [-0.15, -0.1) is 0 Å². The first-order valence-electron chi connectivity index (χ1n) is 8.87. The Morgan fingerprint density at radius 2 is 2.21 bits per heavy atom. The summed E-state index contributed by atoms with van der Waals surface area (Å²) in [4.78, 5) is 39.7. The average Bonchev–Trinajstić information content (AvgIpc) is 2.67. The summed E-state index contributed by atoms with van der Waals surface area (Å²) in [6, 6.07) is 6.52. The largest absolute Gasteiger partial charge is 0.477 e. The third-order valence-electron chi connectivity index (χ3n) is 4.42. The van der Waals surface area contributed by atoms with Crippen molar-refractivity contribution in [2.75, 3.05) is 12.0 Å². The molecule has 1 atom stereocenters. The van der Waals surface area contributed by atoms with E-state index in [1.807, 2.05) is 6.92 Å². The van der Waals surface area contributed by atoms with Gasteiger partial charge in [0.1, 0.15) is 11.3 Å². The summed E-state index contributed by atoms with van der Waals surface area (Å²) < 4.78 is 6.34. The molecule has 28 heavy (non-hydrogen) atoms. The van der Waals surface area contributed by atoms with Crippen LogP contribution in [0.15, 0.2) is 40.4 Å². The van der Waals surface area contributed by atoms with Gasteiger partial charge < -0.3 is 9.84 Å². The monoisotopic (exact) mass is 384 g/mol. The normalized spacial score (nSPS) is 17.1. The number of hydrazone groups is 1. The predicted octanol–water partition coefficient (Wildman–Crippen LogP) is 2.29. The summed E-state index contributed by atoms with van der Waals surface area (Å²) in [6.45, 7) is 3.86. The van der Waals surface area contributed by atoms with Gasteiger partial charge in [0.05, 0.1) is 17.9 Å². The summed E-state index contributed by atoms with van der Waals surface area (Å²) in [5.74, 6) is -1.40. The second kappa shape index (κ2) is 8.03. The lowest BCUT2D eigenvalue weighted by molar-refractivity contribution is 0.0526. The topological polar surface area (TPSA) is 123 Å². The fraction of sp³-hybridized carbons (Fsp3) is 0.316. The highest BCUT2D eigenvalue weighted by atomic mass is 16.5. The maximum atomic E-state index is 12.5. The van der Waals surface area contributed by atoms with Gasteiger partial charge in [0, 0.05) is 12.2 Å². The molecule has 0 radical (unpaired) electrons. The van der Waals surface area contributed by atoms with Crippen molar-refractivity contribution in [3.8, 4) is 0 Å². The molecule has 0 saturated heterocycles. The maximum Gasteiger partial charge on any atom is 0.342 e. The first-order chi connectivity index (χ1) is 13.4. The van der Waals surface area contributed by atoms with Crippen LogP contribution in [0.5, 0.6) is 0 Å². The van der Waals surface area contributed by atoms with Crippen molar-refractivity contribution in [1.82, 2.24) is 9.55 Å². The molecule has 3 rings (SSSR count). The minimum atomic E-state index is -1.31. The van der Waals surface area contributed by atoms with Crippen LogP contribution in [0, 0.1) is 0 Å². The summed E-state index contributed by atoms with van der Waals surface area (Å²) in [6.07, 6.45) is 2.26. The number of carbonyl (C=O) groups excluding carboxylic acids is 1. The number of ether oxygens (including phenoxy) is 1. The number of carboxylic acid groups (broad SMARTS) is 1. The van der Waals surface area contributed by atoms with Gasteiger partial charge in [0.2, 0.25) is 0 Å². The van der Waals surface area contributed by atoms with Crippen LogP contribution < -0.4 is 11.0 Å². The fourth-order valence-corrected chi connectivity index (χ4v) is 2.99. The molecule has 1 unspecified atom stereocenters. The molecule has 1 aliphatic heterocycles. The maximum absolute atomic E-state index is 12.5. The molecule has 9 nitrogen and oxygen atoms in total. The molecular formula is C19H20N4O5. The van der Waals surface area contributed by atoms with Crippen LogP contribution in [-0.4, -0.2) is 38.9 Å². The van der Waals surface area contributed by atoms with Crippen LogP contribution in [0.25, 0.3) is 0 Å². The Labute approximate surface area is 160 Å². The van der Waals surface area contributed by atoms with Crippen molar-refractivity contribution in [3.05, 3.63) is 57.8 Å². The van der Waals surface area contributed by atoms with Gasteiger partial charge in [-0.05, 0) is 44.9 Å². The molecule has 146 valence electrons. The minimum Gasteiger partial charge on any atom is -0.477 e. The van der Waals surface area contributed by atoms with E-state index in [9.17, 15) is 14.4 Å². The Kier molecular flexibility index (Phi) is 5.53. The van der Waals surface area contributed by atoms with E-state index in [0.717, 1.165) is 6.20 Å². The molecule has 2 N–H and O–H groups in total. The lowest BCUT2D eigenvalue weighted by atomic mass is 10.0. The van der Waals surface area contributed by atoms with Crippen LogP contribution in [0.2, 0.25) is 0 Å². The number of fused-ring (bicyclic) bond motifs is 1. The summed E-state index contributed by atoms with van der Waals surface area (Å²) in [7, 11) is 0. The van der Waals surface area contributed by atoms with Crippen LogP contribution in [0.4, 0.5) is 5.69 Å². The Morgan fingerprint density at radius 3 is 2.93 bits per heavy atom. The van der Waals surface area contributed by atoms with E-state index >= 15 is 0 Å². The summed E-state index contributed by atoms with van der Waals surface area (Å²) >= 11 is 0. The molecule has 0 saturated carbocycles. The molecule has 0 amide bonds. The van der Waals surface area contributed by atoms with Gasteiger partial charge in [0.15, 0.2) is 5.82 Å². The number of anilines is 1. The van der Waals surface area contributed by atoms with Crippen molar-refractivity contribution in [2.45, 2.75) is 32.7 Å². The van der Waals surface area contributed by atoms with Gasteiger partial charge in [0.25, 0.3) is 5.56 Å². The molecule has 2 aromatic rings. The Bertz CT molecular complexity index is 1010. The number of carbonyl (C=O) groups is 2.